The van der Waals surface area contributed by atoms with Crippen LogP contribution in [0.1, 0.15) is 15.9 Å². The molecule has 0 spiro atoms. The highest BCUT2D eigenvalue weighted by Gasteiger charge is 2.27. The molecule has 0 unspecified atom stereocenters. The Bertz CT molecular complexity index is 800. The third-order valence-electron chi connectivity index (χ3n) is 3.79. The van der Waals surface area contributed by atoms with Gasteiger partial charge in [-0.3, -0.25) is 14.9 Å². The lowest BCUT2D eigenvalue weighted by molar-refractivity contribution is -0.385. The number of nitro benzene ring substituents is 1. The van der Waals surface area contributed by atoms with Gasteiger partial charge in [-0.25, -0.2) is 4.39 Å². The smallest absolute Gasteiger partial charge is 0.283 e. The molecule has 0 aromatic heterocycles. The molecule has 138 valence electrons. The summed E-state index contributed by atoms with van der Waals surface area (Å²) in [5, 5.41) is 11.3. The second kappa shape index (κ2) is 8.86. The zero-order valence-corrected chi connectivity index (χ0v) is 16.1. The number of nitrogens with zero attached hydrogens (tertiary/aromatic N) is 3. The van der Waals surface area contributed by atoms with Gasteiger partial charge in [0.2, 0.25) is 0 Å². The van der Waals surface area contributed by atoms with E-state index in [1.54, 1.807) is 0 Å². The largest absolute Gasteiger partial charge is 0.333 e. The molecular weight excluding hydrogens is 405 g/mol. The van der Waals surface area contributed by atoms with Gasteiger partial charge in [0.25, 0.3) is 11.6 Å². The maximum absolute atomic E-state index is 13.9. The summed E-state index contributed by atoms with van der Waals surface area (Å²) in [6.07, 6.45) is 0. The highest BCUT2D eigenvalue weighted by Crippen LogP contribution is 2.28. The molecule has 0 atom stereocenters. The summed E-state index contributed by atoms with van der Waals surface area (Å²) in [6, 6.07) is 11.2. The molecule has 2 aromatic carbocycles. The molecule has 0 saturated carbocycles. The number of hydrogen-bond donors (Lipinski definition) is 0. The van der Waals surface area contributed by atoms with Gasteiger partial charge >= 0.3 is 0 Å². The van der Waals surface area contributed by atoms with Crippen molar-refractivity contribution in [3.05, 3.63) is 74.0 Å². The van der Waals surface area contributed by atoms with Crippen LogP contribution in [0.25, 0.3) is 0 Å². The number of hydrogen-bond acceptors (Lipinski definition) is 4. The normalized spacial score (nSPS) is 10.8. The van der Waals surface area contributed by atoms with E-state index in [0.29, 0.717) is 13.1 Å². The standard InChI is InChI=1S/C18H19BrFN3O3/c1-21(2)8-9-22(12-13-6-4-3-5-7-13)18(24)14-10-16(20)15(19)11-17(14)23(25)26/h3-7,10-11H,8-9,12H2,1-2H3. The van der Waals surface area contributed by atoms with Crippen molar-refractivity contribution in [3.8, 4) is 0 Å². The Kier molecular flexibility index (Phi) is 6.82. The molecule has 0 aliphatic carbocycles. The van der Waals surface area contributed by atoms with E-state index >= 15 is 0 Å². The van der Waals surface area contributed by atoms with Crippen molar-refractivity contribution in [2.45, 2.75) is 6.54 Å². The van der Waals surface area contributed by atoms with E-state index < -0.39 is 22.3 Å². The zero-order chi connectivity index (χ0) is 19.3. The van der Waals surface area contributed by atoms with Gasteiger partial charge < -0.3 is 9.80 Å². The molecule has 0 bridgehead atoms. The maximum Gasteiger partial charge on any atom is 0.283 e. The van der Waals surface area contributed by atoms with Crippen LogP contribution in [-0.4, -0.2) is 47.8 Å². The molecular formula is C18H19BrFN3O3. The van der Waals surface area contributed by atoms with Crippen LogP contribution in [0.15, 0.2) is 46.9 Å². The van der Waals surface area contributed by atoms with Gasteiger partial charge in [-0.2, -0.15) is 0 Å². The average Bonchev–Trinajstić information content (AvgIpc) is 2.60. The fourth-order valence-electron chi connectivity index (χ4n) is 2.41. The number of rotatable bonds is 7. The molecule has 1 amide bonds. The van der Waals surface area contributed by atoms with Crippen molar-refractivity contribution in [1.29, 1.82) is 0 Å². The fraction of sp³-hybridized carbons (Fsp3) is 0.278. The summed E-state index contributed by atoms with van der Waals surface area (Å²) < 4.78 is 13.9. The number of amides is 1. The Labute approximate surface area is 159 Å². The summed E-state index contributed by atoms with van der Waals surface area (Å²) in [6.45, 7) is 1.21. The molecule has 8 heteroatoms. The van der Waals surface area contributed by atoms with Gasteiger partial charge in [0.15, 0.2) is 0 Å². The Hall–Kier alpha value is -2.32. The SMILES string of the molecule is CN(C)CCN(Cc1ccccc1)C(=O)c1cc(F)c(Br)cc1[N+](=O)[O-]. The number of likely N-dealkylation sites (N-methyl/N-ethyl adjacent to an activating group) is 1. The minimum Gasteiger partial charge on any atom is -0.333 e. The van der Waals surface area contributed by atoms with E-state index in [2.05, 4.69) is 15.9 Å². The minimum absolute atomic E-state index is 0.0522. The van der Waals surface area contributed by atoms with E-state index in [4.69, 9.17) is 0 Å². The predicted octanol–water partition coefficient (Wildman–Crippen LogP) is 3.70. The van der Waals surface area contributed by atoms with Crippen LogP contribution in [0, 0.1) is 15.9 Å². The second-order valence-electron chi connectivity index (χ2n) is 6.06. The van der Waals surface area contributed by atoms with Crippen LogP contribution < -0.4 is 0 Å². The van der Waals surface area contributed by atoms with Crippen LogP contribution in [0.3, 0.4) is 0 Å². The number of carbonyl (C=O) groups is 1. The Morgan fingerprint density at radius 1 is 1.19 bits per heavy atom. The van der Waals surface area contributed by atoms with Crippen molar-refractivity contribution >= 4 is 27.5 Å². The summed E-state index contributed by atoms with van der Waals surface area (Å²) in [5.74, 6) is -1.29. The fourth-order valence-corrected chi connectivity index (χ4v) is 2.74. The second-order valence-corrected chi connectivity index (χ2v) is 6.91. The number of halogens is 2. The van der Waals surface area contributed by atoms with E-state index in [1.807, 2.05) is 49.3 Å². The lowest BCUT2D eigenvalue weighted by atomic mass is 10.1. The van der Waals surface area contributed by atoms with Crippen molar-refractivity contribution in [2.75, 3.05) is 27.2 Å². The van der Waals surface area contributed by atoms with Crippen molar-refractivity contribution in [1.82, 2.24) is 9.80 Å². The Balaban J connectivity index is 2.39. The first kappa shape index (κ1) is 20.0. The molecule has 2 aromatic rings. The monoisotopic (exact) mass is 423 g/mol. The number of benzene rings is 2. The van der Waals surface area contributed by atoms with E-state index in [1.165, 1.54) is 4.90 Å². The molecule has 6 nitrogen and oxygen atoms in total. The third-order valence-corrected chi connectivity index (χ3v) is 4.39. The number of nitro groups is 1. The summed E-state index contributed by atoms with van der Waals surface area (Å²) in [4.78, 5) is 27.0. The quantitative estimate of drug-likeness (QED) is 0.502. The molecule has 2 rings (SSSR count). The summed E-state index contributed by atoms with van der Waals surface area (Å²) in [5.41, 5.74) is 0.205. The minimum atomic E-state index is -0.716. The van der Waals surface area contributed by atoms with Crippen molar-refractivity contribution in [3.63, 3.8) is 0 Å². The lowest BCUT2D eigenvalue weighted by Crippen LogP contribution is -2.36. The van der Waals surface area contributed by atoms with Gasteiger partial charge in [-0.15, -0.1) is 0 Å². The summed E-state index contributed by atoms with van der Waals surface area (Å²) >= 11 is 2.93. The Morgan fingerprint density at radius 2 is 1.85 bits per heavy atom. The highest BCUT2D eigenvalue weighted by atomic mass is 79.9. The van der Waals surface area contributed by atoms with Gasteiger partial charge in [0, 0.05) is 25.7 Å². The van der Waals surface area contributed by atoms with E-state index in [0.717, 1.165) is 17.7 Å². The van der Waals surface area contributed by atoms with E-state index in [-0.39, 0.29) is 16.6 Å². The topological polar surface area (TPSA) is 66.7 Å². The molecule has 26 heavy (non-hydrogen) atoms. The first-order valence-electron chi connectivity index (χ1n) is 7.91. The zero-order valence-electron chi connectivity index (χ0n) is 14.5. The van der Waals surface area contributed by atoms with Crippen LogP contribution >= 0.6 is 15.9 Å². The first-order valence-corrected chi connectivity index (χ1v) is 8.70. The van der Waals surface area contributed by atoms with E-state index in [9.17, 15) is 19.3 Å². The van der Waals surface area contributed by atoms with Crippen LogP contribution in [-0.2, 0) is 6.54 Å². The van der Waals surface area contributed by atoms with Gasteiger partial charge in [-0.05, 0) is 41.7 Å². The predicted molar refractivity (Wildman–Crippen MR) is 100 cm³/mol. The van der Waals surface area contributed by atoms with Crippen LogP contribution in [0.5, 0.6) is 0 Å². The molecule has 0 fully saturated rings. The van der Waals surface area contributed by atoms with Crippen LogP contribution in [0.2, 0.25) is 0 Å². The van der Waals surface area contributed by atoms with Crippen molar-refractivity contribution < 1.29 is 14.1 Å². The Morgan fingerprint density at radius 3 is 2.42 bits per heavy atom. The highest BCUT2D eigenvalue weighted by molar-refractivity contribution is 9.10. The first-order chi connectivity index (χ1) is 12.3. The average molecular weight is 424 g/mol. The van der Waals surface area contributed by atoms with Crippen molar-refractivity contribution in [2.24, 2.45) is 0 Å². The van der Waals surface area contributed by atoms with Gasteiger partial charge in [0.1, 0.15) is 11.4 Å². The van der Waals surface area contributed by atoms with Gasteiger partial charge in [-0.1, -0.05) is 30.3 Å². The molecule has 0 radical (unpaired) electrons. The molecule has 0 N–H and O–H groups in total. The lowest BCUT2D eigenvalue weighted by Gasteiger charge is -2.24. The molecule has 0 heterocycles. The maximum atomic E-state index is 13.9. The number of carbonyl (C=O) groups excluding carboxylic acids is 1. The summed E-state index contributed by atoms with van der Waals surface area (Å²) in [7, 11) is 3.74. The third kappa shape index (κ3) is 5.09. The van der Waals surface area contributed by atoms with Gasteiger partial charge in [0.05, 0.1) is 9.40 Å². The molecule has 0 saturated heterocycles. The van der Waals surface area contributed by atoms with Crippen LogP contribution in [0.4, 0.5) is 10.1 Å². The molecule has 0 aliphatic heterocycles. The molecule has 0 aliphatic rings.